The van der Waals surface area contributed by atoms with Gasteiger partial charge < -0.3 is 4.90 Å². The molecule has 22 heavy (non-hydrogen) atoms. The summed E-state index contributed by atoms with van der Waals surface area (Å²) in [5, 5.41) is 0. The van der Waals surface area contributed by atoms with E-state index in [2.05, 4.69) is 11.8 Å². The highest BCUT2D eigenvalue weighted by atomic mass is 16.2. The van der Waals surface area contributed by atoms with Crippen molar-refractivity contribution in [2.24, 2.45) is 0 Å². The van der Waals surface area contributed by atoms with Crippen molar-refractivity contribution in [2.45, 2.75) is 13.5 Å². The van der Waals surface area contributed by atoms with Crippen molar-refractivity contribution in [1.82, 2.24) is 4.90 Å². The molecular formula is C19H17NO2. The third-order valence-corrected chi connectivity index (χ3v) is 3.17. The molecule has 2 aromatic rings. The van der Waals surface area contributed by atoms with E-state index in [0.29, 0.717) is 12.1 Å². The van der Waals surface area contributed by atoms with Gasteiger partial charge in [0.2, 0.25) is 0 Å². The number of nitrogens with zero attached hydrogens (tertiary/aromatic N) is 1. The Balaban J connectivity index is 2.15. The lowest BCUT2D eigenvalue weighted by molar-refractivity contribution is -0.125. The van der Waals surface area contributed by atoms with E-state index in [1.807, 2.05) is 48.5 Å². The van der Waals surface area contributed by atoms with Gasteiger partial charge in [0.25, 0.3) is 5.91 Å². The van der Waals surface area contributed by atoms with Gasteiger partial charge >= 0.3 is 0 Å². The standard InChI is InChI=1S/C19H17NO2/c1-2-9-19(22)20(14-16-10-5-3-6-11-16)15-18(21)17-12-7-4-8-13-17/h3-8,10-13H,14-15H2,1H3. The van der Waals surface area contributed by atoms with Crippen LogP contribution in [0.5, 0.6) is 0 Å². The molecule has 0 spiro atoms. The lowest BCUT2D eigenvalue weighted by Crippen LogP contribution is -2.34. The Labute approximate surface area is 130 Å². The van der Waals surface area contributed by atoms with Crippen LogP contribution in [0.2, 0.25) is 0 Å². The van der Waals surface area contributed by atoms with Crippen LogP contribution >= 0.6 is 0 Å². The van der Waals surface area contributed by atoms with E-state index in [-0.39, 0.29) is 18.2 Å². The fraction of sp³-hybridized carbons (Fsp3) is 0.158. The zero-order chi connectivity index (χ0) is 15.8. The molecule has 3 nitrogen and oxygen atoms in total. The number of carbonyl (C=O) groups is 2. The van der Waals surface area contributed by atoms with Gasteiger partial charge in [0.05, 0.1) is 6.54 Å². The number of hydrogen-bond donors (Lipinski definition) is 0. The fourth-order valence-corrected chi connectivity index (χ4v) is 2.08. The Morgan fingerprint density at radius 1 is 0.955 bits per heavy atom. The van der Waals surface area contributed by atoms with Crippen molar-refractivity contribution in [2.75, 3.05) is 6.54 Å². The molecule has 3 heteroatoms. The van der Waals surface area contributed by atoms with E-state index >= 15 is 0 Å². The van der Waals surface area contributed by atoms with Crippen LogP contribution in [0.15, 0.2) is 60.7 Å². The zero-order valence-electron chi connectivity index (χ0n) is 12.5. The predicted octanol–water partition coefficient (Wildman–Crippen LogP) is 2.92. The molecule has 0 saturated heterocycles. The molecule has 0 N–H and O–H groups in total. The number of carbonyl (C=O) groups excluding carboxylic acids is 2. The van der Waals surface area contributed by atoms with Gasteiger partial charge in [0.1, 0.15) is 0 Å². The summed E-state index contributed by atoms with van der Waals surface area (Å²) < 4.78 is 0. The Morgan fingerprint density at radius 3 is 2.14 bits per heavy atom. The monoisotopic (exact) mass is 291 g/mol. The molecule has 0 aliphatic carbocycles. The second kappa shape index (κ2) is 7.80. The summed E-state index contributed by atoms with van der Waals surface area (Å²) in [5.41, 5.74) is 1.56. The lowest BCUT2D eigenvalue weighted by atomic mass is 10.1. The number of hydrogen-bond acceptors (Lipinski definition) is 2. The highest BCUT2D eigenvalue weighted by molar-refractivity contribution is 6.01. The quantitative estimate of drug-likeness (QED) is 0.627. The molecule has 0 aliphatic heterocycles. The molecule has 0 fully saturated rings. The van der Waals surface area contributed by atoms with Crippen LogP contribution in [0.4, 0.5) is 0 Å². The Kier molecular flexibility index (Phi) is 5.50. The van der Waals surface area contributed by atoms with Crippen molar-refractivity contribution in [3.8, 4) is 11.8 Å². The minimum Gasteiger partial charge on any atom is -0.320 e. The average molecular weight is 291 g/mol. The van der Waals surface area contributed by atoms with E-state index in [0.717, 1.165) is 5.56 Å². The van der Waals surface area contributed by atoms with Crippen LogP contribution in [0, 0.1) is 11.8 Å². The van der Waals surface area contributed by atoms with Crippen LogP contribution in [0.3, 0.4) is 0 Å². The van der Waals surface area contributed by atoms with Gasteiger partial charge in [-0.15, -0.1) is 0 Å². The molecule has 2 rings (SSSR count). The molecule has 0 atom stereocenters. The van der Waals surface area contributed by atoms with Crippen molar-refractivity contribution in [3.63, 3.8) is 0 Å². The van der Waals surface area contributed by atoms with Gasteiger partial charge in [-0.2, -0.15) is 0 Å². The molecule has 0 unspecified atom stereocenters. The fourth-order valence-electron chi connectivity index (χ4n) is 2.08. The first-order chi connectivity index (χ1) is 10.7. The highest BCUT2D eigenvalue weighted by Crippen LogP contribution is 2.07. The van der Waals surface area contributed by atoms with Crippen LogP contribution in [-0.2, 0) is 11.3 Å². The summed E-state index contributed by atoms with van der Waals surface area (Å²) in [6.45, 7) is 2.00. The molecule has 1 amide bonds. The van der Waals surface area contributed by atoms with Gasteiger partial charge in [0.15, 0.2) is 5.78 Å². The van der Waals surface area contributed by atoms with Crippen LogP contribution in [0.1, 0.15) is 22.8 Å². The van der Waals surface area contributed by atoms with E-state index < -0.39 is 0 Å². The maximum Gasteiger partial charge on any atom is 0.299 e. The zero-order valence-corrected chi connectivity index (χ0v) is 12.5. The van der Waals surface area contributed by atoms with E-state index in [1.165, 1.54) is 4.90 Å². The first-order valence-corrected chi connectivity index (χ1v) is 7.04. The largest absolute Gasteiger partial charge is 0.320 e. The molecule has 2 aromatic carbocycles. The number of ketones is 1. The van der Waals surface area contributed by atoms with E-state index in [1.54, 1.807) is 19.1 Å². The molecule has 0 heterocycles. The third kappa shape index (κ3) is 4.32. The molecular weight excluding hydrogens is 274 g/mol. The molecule has 0 aliphatic rings. The van der Waals surface area contributed by atoms with Gasteiger partial charge in [-0.05, 0) is 18.4 Å². The average Bonchev–Trinajstić information content (AvgIpc) is 2.56. The SMILES string of the molecule is CC#CC(=O)N(CC(=O)c1ccccc1)Cc1ccccc1. The topological polar surface area (TPSA) is 37.4 Å². The first kappa shape index (κ1) is 15.5. The molecule has 0 aromatic heterocycles. The summed E-state index contributed by atoms with van der Waals surface area (Å²) in [4.78, 5) is 25.9. The van der Waals surface area contributed by atoms with Crippen molar-refractivity contribution < 1.29 is 9.59 Å². The smallest absolute Gasteiger partial charge is 0.299 e. The molecule has 0 radical (unpaired) electrons. The second-order valence-corrected chi connectivity index (χ2v) is 4.81. The summed E-state index contributed by atoms with van der Waals surface area (Å²) in [5.74, 6) is 4.67. The normalized spacial score (nSPS) is 9.50. The Bertz CT molecular complexity index is 696. The molecule has 0 saturated carbocycles. The minimum atomic E-state index is -0.337. The summed E-state index contributed by atoms with van der Waals surface area (Å²) in [7, 11) is 0. The van der Waals surface area contributed by atoms with E-state index in [4.69, 9.17) is 0 Å². The number of benzene rings is 2. The van der Waals surface area contributed by atoms with Crippen molar-refractivity contribution in [1.29, 1.82) is 0 Å². The number of Topliss-reactive ketones (excluding diaryl/α,β-unsaturated/α-hetero) is 1. The summed E-state index contributed by atoms with van der Waals surface area (Å²) in [6.07, 6.45) is 0. The van der Waals surface area contributed by atoms with E-state index in [9.17, 15) is 9.59 Å². The maximum absolute atomic E-state index is 12.3. The van der Waals surface area contributed by atoms with Crippen LogP contribution < -0.4 is 0 Å². The maximum atomic E-state index is 12.3. The van der Waals surface area contributed by atoms with Gasteiger partial charge in [0, 0.05) is 12.1 Å². The lowest BCUT2D eigenvalue weighted by Gasteiger charge is -2.19. The predicted molar refractivity (Wildman–Crippen MR) is 86.1 cm³/mol. The van der Waals surface area contributed by atoms with Gasteiger partial charge in [-0.3, -0.25) is 9.59 Å². The Morgan fingerprint density at radius 2 is 1.55 bits per heavy atom. The van der Waals surface area contributed by atoms with Crippen molar-refractivity contribution >= 4 is 11.7 Å². The Hall–Kier alpha value is -2.86. The number of amides is 1. The van der Waals surface area contributed by atoms with Crippen molar-refractivity contribution in [3.05, 3.63) is 71.8 Å². The molecule has 110 valence electrons. The van der Waals surface area contributed by atoms with Gasteiger partial charge in [-0.25, -0.2) is 0 Å². The molecule has 0 bridgehead atoms. The second-order valence-electron chi connectivity index (χ2n) is 4.81. The highest BCUT2D eigenvalue weighted by Gasteiger charge is 2.17. The summed E-state index contributed by atoms with van der Waals surface area (Å²) in [6, 6.07) is 18.5. The summed E-state index contributed by atoms with van der Waals surface area (Å²) >= 11 is 0. The van der Waals surface area contributed by atoms with Crippen LogP contribution in [-0.4, -0.2) is 23.1 Å². The first-order valence-electron chi connectivity index (χ1n) is 7.04. The van der Waals surface area contributed by atoms with Crippen LogP contribution in [0.25, 0.3) is 0 Å². The number of rotatable bonds is 5. The minimum absolute atomic E-state index is 0.0203. The third-order valence-electron chi connectivity index (χ3n) is 3.17. The van der Waals surface area contributed by atoms with Gasteiger partial charge in [-0.1, -0.05) is 66.6 Å².